The lowest BCUT2D eigenvalue weighted by Gasteiger charge is -2.36. The molecular formula is C20H18N4O3S. The van der Waals surface area contributed by atoms with E-state index in [0.717, 1.165) is 47.0 Å². The first-order chi connectivity index (χ1) is 13.5. The Balaban J connectivity index is 1.64. The van der Waals surface area contributed by atoms with Gasteiger partial charge in [-0.05, 0) is 47.7 Å². The van der Waals surface area contributed by atoms with Gasteiger partial charge >= 0.3 is 0 Å². The first-order valence-electron chi connectivity index (χ1n) is 8.85. The molecule has 0 radical (unpaired) electrons. The van der Waals surface area contributed by atoms with E-state index in [2.05, 4.69) is 21.8 Å². The molecule has 2 saturated heterocycles. The molecule has 2 aliphatic heterocycles. The van der Waals surface area contributed by atoms with E-state index in [-0.39, 0.29) is 17.1 Å². The van der Waals surface area contributed by atoms with Gasteiger partial charge in [-0.25, -0.2) is 0 Å². The van der Waals surface area contributed by atoms with Gasteiger partial charge in [-0.15, -0.1) is 0 Å². The van der Waals surface area contributed by atoms with Gasteiger partial charge in [0.15, 0.2) is 0 Å². The average Bonchev–Trinajstić information content (AvgIpc) is 3.03. The van der Waals surface area contributed by atoms with Crippen molar-refractivity contribution in [2.75, 3.05) is 31.1 Å². The fraction of sp³-hybridized carbons (Fsp3) is 0.200. The number of anilines is 1. The lowest BCUT2D eigenvalue weighted by atomic mass is 10.1. The number of fused-ring (bicyclic) bond motifs is 1. The minimum atomic E-state index is -0.371. The van der Waals surface area contributed by atoms with Gasteiger partial charge in [-0.1, -0.05) is 12.6 Å². The van der Waals surface area contributed by atoms with Crippen LogP contribution in [-0.4, -0.2) is 53.1 Å². The maximum atomic E-state index is 11.8. The predicted octanol–water partition coefficient (Wildman–Crippen LogP) is 2.39. The highest BCUT2D eigenvalue weighted by molar-refractivity contribution is 8.18. The number of hydrogen-bond acceptors (Lipinski definition) is 6. The molecule has 1 aromatic carbocycles. The van der Waals surface area contributed by atoms with Gasteiger partial charge in [-0.3, -0.25) is 24.7 Å². The first-order valence-corrected chi connectivity index (χ1v) is 9.67. The maximum Gasteiger partial charge on any atom is 0.290 e. The number of pyridine rings is 1. The number of aromatic nitrogens is 1. The van der Waals surface area contributed by atoms with E-state index in [1.165, 1.54) is 6.08 Å². The smallest absolute Gasteiger partial charge is 0.290 e. The summed E-state index contributed by atoms with van der Waals surface area (Å²) in [5, 5.41) is 2.87. The Bertz CT molecular complexity index is 1030. The van der Waals surface area contributed by atoms with E-state index in [0.29, 0.717) is 18.0 Å². The van der Waals surface area contributed by atoms with Crippen LogP contribution in [0.15, 0.2) is 48.0 Å². The van der Waals surface area contributed by atoms with Crippen LogP contribution < -0.4 is 10.2 Å². The largest absolute Gasteiger partial charge is 0.367 e. The third-order valence-electron chi connectivity index (χ3n) is 4.79. The molecule has 1 N–H and O–H groups in total. The van der Waals surface area contributed by atoms with Crippen molar-refractivity contribution in [3.8, 4) is 0 Å². The van der Waals surface area contributed by atoms with Crippen molar-refractivity contribution in [2.24, 2.45) is 0 Å². The molecule has 1 aromatic heterocycles. The molecule has 2 aliphatic rings. The summed E-state index contributed by atoms with van der Waals surface area (Å²) < 4.78 is 0. The van der Waals surface area contributed by atoms with Crippen molar-refractivity contribution in [1.82, 2.24) is 15.2 Å². The summed E-state index contributed by atoms with van der Waals surface area (Å²) in [4.78, 5) is 43.8. The van der Waals surface area contributed by atoms with Crippen LogP contribution in [0.1, 0.15) is 5.56 Å². The maximum absolute atomic E-state index is 11.8. The van der Waals surface area contributed by atoms with E-state index < -0.39 is 0 Å². The van der Waals surface area contributed by atoms with Crippen LogP contribution in [0.2, 0.25) is 0 Å². The van der Waals surface area contributed by atoms with Crippen molar-refractivity contribution >= 4 is 51.5 Å². The Morgan fingerprint density at radius 1 is 1.18 bits per heavy atom. The number of amides is 3. The number of hydrogen-bond donors (Lipinski definition) is 1. The molecule has 28 heavy (non-hydrogen) atoms. The van der Waals surface area contributed by atoms with Crippen molar-refractivity contribution in [2.45, 2.75) is 0 Å². The molecule has 0 atom stereocenters. The highest BCUT2D eigenvalue weighted by Crippen LogP contribution is 2.30. The Morgan fingerprint density at radius 3 is 2.64 bits per heavy atom. The molecule has 4 rings (SSSR count). The highest BCUT2D eigenvalue weighted by atomic mass is 32.2. The monoisotopic (exact) mass is 394 g/mol. The standard InChI is InChI=1S/C20H18N4O3S/c1-2-18(25)24-9-7-23(8-10-24)16-5-6-21-15-4-3-13(11-14(15)16)12-17-19(26)22-20(27)28-17/h2-6,11-12H,1,7-10H2,(H,22,26,27)/b17-12-. The molecule has 3 heterocycles. The zero-order valence-electron chi connectivity index (χ0n) is 15.1. The van der Waals surface area contributed by atoms with Crippen LogP contribution in [0, 0.1) is 0 Å². The van der Waals surface area contributed by atoms with Gasteiger partial charge in [0, 0.05) is 43.4 Å². The number of benzene rings is 1. The molecule has 2 aromatic rings. The zero-order valence-corrected chi connectivity index (χ0v) is 15.9. The fourth-order valence-electron chi connectivity index (χ4n) is 3.38. The second-order valence-corrected chi connectivity index (χ2v) is 7.49. The predicted molar refractivity (Wildman–Crippen MR) is 110 cm³/mol. The number of carbonyl (C=O) groups is 3. The summed E-state index contributed by atoms with van der Waals surface area (Å²) in [7, 11) is 0. The van der Waals surface area contributed by atoms with Crippen LogP contribution in [0.3, 0.4) is 0 Å². The second kappa shape index (κ2) is 7.47. The summed E-state index contributed by atoms with van der Waals surface area (Å²) in [5.74, 6) is -0.417. The molecule has 8 heteroatoms. The van der Waals surface area contributed by atoms with Gasteiger partial charge in [0.1, 0.15) is 0 Å². The van der Waals surface area contributed by atoms with Crippen molar-refractivity contribution in [3.63, 3.8) is 0 Å². The van der Waals surface area contributed by atoms with E-state index in [1.54, 1.807) is 17.2 Å². The first kappa shape index (κ1) is 18.2. The number of nitrogens with zero attached hydrogens (tertiary/aromatic N) is 3. The van der Waals surface area contributed by atoms with Gasteiger partial charge in [-0.2, -0.15) is 0 Å². The number of carbonyl (C=O) groups excluding carboxylic acids is 3. The highest BCUT2D eigenvalue weighted by Gasteiger charge is 2.25. The number of thioether (sulfide) groups is 1. The molecule has 2 fully saturated rings. The average molecular weight is 394 g/mol. The summed E-state index contributed by atoms with van der Waals surface area (Å²) in [6.45, 7) is 6.26. The van der Waals surface area contributed by atoms with Gasteiger partial charge in [0.2, 0.25) is 5.91 Å². The van der Waals surface area contributed by atoms with Crippen LogP contribution in [-0.2, 0) is 9.59 Å². The Morgan fingerprint density at radius 2 is 1.96 bits per heavy atom. The number of piperazine rings is 1. The Kier molecular flexibility index (Phi) is 4.87. The molecule has 7 nitrogen and oxygen atoms in total. The van der Waals surface area contributed by atoms with Crippen LogP contribution in [0.4, 0.5) is 10.5 Å². The summed E-state index contributed by atoms with van der Waals surface area (Å²) in [6.07, 6.45) is 4.83. The second-order valence-electron chi connectivity index (χ2n) is 6.48. The van der Waals surface area contributed by atoms with Crippen LogP contribution in [0.25, 0.3) is 17.0 Å². The molecule has 0 saturated carbocycles. The van der Waals surface area contributed by atoms with Crippen LogP contribution in [0.5, 0.6) is 0 Å². The van der Waals surface area contributed by atoms with Gasteiger partial charge in [0.05, 0.1) is 10.4 Å². The third kappa shape index (κ3) is 3.50. The fourth-order valence-corrected chi connectivity index (χ4v) is 4.07. The van der Waals surface area contributed by atoms with Crippen molar-refractivity contribution in [3.05, 3.63) is 53.6 Å². The molecule has 0 aliphatic carbocycles. The number of nitrogens with one attached hydrogen (secondary N) is 1. The zero-order chi connectivity index (χ0) is 19.7. The van der Waals surface area contributed by atoms with E-state index >= 15 is 0 Å². The van der Waals surface area contributed by atoms with Crippen molar-refractivity contribution in [1.29, 1.82) is 0 Å². The van der Waals surface area contributed by atoms with Gasteiger partial charge < -0.3 is 9.80 Å². The minimum Gasteiger partial charge on any atom is -0.367 e. The van der Waals surface area contributed by atoms with Crippen molar-refractivity contribution < 1.29 is 14.4 Å². The lowest BCUT2D eigenvalue weighted by molar-refractivity contribution is -0.126. The number of imide groups is 1. The van der Waals surface area contributed by atoms with E-state index in [1.807, 2.05) is 24.3 Å². The molecule has 3 amide bonds. The molecule has 0 spiro atoms. The summed E-state index contributed by atoms with van der Waals surface area (Å²) >= 11 is 0.901. The van der Waals surface area contributed by atoms with Gasteiger partial charge in [0.25, 0.3) is 11.1 Å². The molecule has 142 valence electrons. The summed E-state index contributed by atoms with van der Waals surface area (Å²) in [6, 6.07) is 7.72. The Hall–Kier alpha value is -3.13. The van der Waals surface area contributed by atoms with E-state index in [9.17, 15) is 14.4 Å². The molecule has 0 bridgehead atoms. The summed E-state index contributed by atoms with van der Waals surface area (Å²) in [5.41, 5.74) is 2.72. The lowest BCUT2D eigenvalue weighted by Crippen LogP contribution is -2.48. The number of rotatable bonds is 3. The van der Waals surface area contributed by atoms with Crippen LogP contribution >= 0.6 is 11.8 Å². The third-order valence-corrected chi connectivity index (χ3v) is 5.60. The minimum absolute atomic E-state index is 0.0463. The topological polar surface area (TPSA) is 82.6 Å². The quantitative estimate of drug-likeness (QED) is 0.805. The Labute approximate surface area is 166 Å². The van der Waals surface area contributed by atoms with E-state index in [4.69, 9.17) is 0 Å². The normalized spacial score (nSPS) is 18.6. The molecular weight excluding hydrogens is 376 g/mol. The molecule has 0 unspecified atom stereocenters. The SMILES string of the molecule is C=CC(=O)N1CCN(c2ccnc3ccc(/C=C4\SC(=O)NC4=O)cc23)CC1.